The van der Waals surface area contributed by atoms with E-state index in [1.165, 1.54) is 5.56 Å². The maximum Gasteiger partial charge on any atom is 0.0443 e. The fraction of sp³-hybridized carbons (Fsp3) is 0.455. The average molecular weight is 214 g/mol. The van der Waals surface area contributed by atoms with E-state index in [4.69, 9.17) is 16.7 Å². The van der Waals surface area contributed by atoms with Crippen molar-refractivity contribution < 1.29 is 5.11 Å². The Morgan fingerprint density at radius 1 is 1.36 bits per heavy atom. The van der Waals surface area contributed by atoms with Gasteiger partial charge in [-0.1, -0.05) is 23.7 Å². The van der Waals surface area contributed by atoms with E-state index in [9.17, 15) is 0 Å². The number of hydrogen-bond acceptors (Lipinski definition) is 2. The van der Waals surface area contributed by atoms with Crippen LogP contribution in [0.15, 0.2) is 24.3 Å². The van der Waals surface area contributed by atoms with Gasteiger partial charge in [0.25, 0.3) is 0 Å². The van der Waals surface area contributed by atoms with Gasteiger partial charge in [-0.2, -0.15) is 0 Å². The standard InChI is InChI=1S/C11H16ClNO/c1-9(13-7-2-8-14)10-3-5-11(12)6-4-10/h3-6,9,13-14H,2,7-8H2,1H3/t9-/m0/s1. The van der Waals surface area contributed by atoms with Crippen LogP contribution in [0.2, 0.25) is 5.02 Å². The number of nitrogens with one attached hydrogen (secondary N) is 1. The number of benzene rings is 1. The van der Waals surface area contributed by atoms with Crippen LogP contribution in [0.25, 0.3) is 0 Å². The van der Waals surface area contributed by atoms with Crippen molar-refractivity contribution in [3.05, 3.63) is 34.9 Å². The Balaban J connectivity index is 2.43. The first-order valence-electron chi connectivity index (χ1n) is 4.83. The highest BCUT2D eigenvalue weighted by atomic mass is 35.5. The van der Waals surface area contributed by atoms with Gasteiger partial charge in [0, 0.05) is 17.7 Å². The van der Waals surface area contributed by atoms with E-state index in [-0.39, 0.29) is 6.61 Å². The van der Waals surface area contributed by atoms with Gasteiger partial charge in [0.05, 0.1) is 0 Å². The predicted molar refractivity (Wildman–Crippen MR) is 59.6 cm³/mol. The molecule has 0 aliphatic carbocycles. The first kappa shape index (κ1) is 11.5. The molecule has 0 bridgehead atoms. The monoisotopic (exact) mass is 213 g/mol. The Morgan fingerprint density at radius 2 is 2.00 bits per heavy atom. The zero-order valence-corrected chi connectivity index (χ0v) is 9.09. The summed E-state index contributed by atoms with van der Waals surface area (Å²) >= 11 is 5.79. The maximum absolute atomic E-state index is 8.63. The van der Waals surface area contributed by atoms with E-state index < -0.39 is 0 Å². The molecule has 0 aliphatic rings. The molecule has 1 aromatic carbocycles. The van der Waals surface area contributed by atoms with E-state index in [1.54, 1.807) is 0 Å². The predicted octanol–water partition coefficient (Wildman–Crippen LogP) is 2.37. The minimum Gasteiger partial charge on any atom is -0.396 e. The third-order valence-electron chi connectivity index (χ3n) is 2.16. The average Bonchev–Trinajstić information content (AvgIpc) is 2.19. The molecule has 1 aromatic rings. The van der Waals surface area contributed by atoms with Crippen molar-refractivity contribution in [2.45, 2.75) is 19.4 Å². The van der Waals surface area contributed by atoms with Gasteiger partial charge in [-0.3, -0.25) is 0 Å². The Kier molecular flexibility index (Phi) is 4.94. The van der Waals surface area contributed by atoms with Gasteiger partial charge in [0.1, 0.15) is 0 Å². The lowest BCUT2D eigenvalue weighted by atomic mass is 10.1. The summed E-state index contributed by atoms with van der Waals surface area (Å²) in [6.45, 7) is 3.17. The minimum atomic E-state index is 0.236. The van der Waals surface area contributed by atoms with Crippen molar-refractivity contribution in [1.82, 2.24) is 5.32 Å². The molecule has 0 heterocycles. The molecule has 1 atom stereocenters. The van der Waals surface area contributed by atoms with Gasteiger partial charge in [0.2, 0.25) is 0 Å². The van der Waals surface area contributed by atoms with Crippen LogP contribution in [0, 0.1) is 0 Å². The highest BCUT2D eigenvalue weighted by Crippen LogP contribution is 2.15. The zero-order chi connectivity index (χ0) is 10.4. The van der Waals surface area contributed by atoms with E-state index in [0.717, 1.165) is 18.0 Å². The molecule has 0 fully saturated rings. The molecular formula is C11H16ClNO. The molecule has 0 radical (unpaired) electrons. The molecule has 78 valence electrons. The molecule has 0 saturated heterocycles. The lowest BCUT2D eigenvalue weighted by Crippen LogP contribution is -2.20. The van der Waals surface area contributed by atoms with Crippen LogP contribution in [0.1, 0.15) is 24.9 Å². The summed E-state index contributed by atoms with van der Waals surface area (Å²) in [6.07, 6.45) is 0.790. The van der Waals surface area contributed by atoms with Crippen molar-refractivity contribution >= 4 is 11.6 Å². The Hall–Kier alpha value is -0.570. The molecule has 0 unspecified atom stereocenters. The molecule has 0 aromatic heterocycles. The van der Waals surface area contributed by atoms with Gasteiger partial charge < -0.3 is 10.4 Å². The summed E-state index contributed by atoms with van der Waals surface area (Å²) in [4.78, 5) is 0. The number of aliphatic hydroxyl groups excluding tert-OH is 1. The van der Waals surface area contributed by atoms with Gasteiger partial charge in [0.15, 0.2) is 0 Å². The second kappa shape index (κ2) is 6.02. The maximum atomic E-state index is 8.63. The zero-order valence-electron chi connectivity index (χ0n) is 8.33. The highest BCUT2D eigenvalue weighted by molar-refractivity contribution is 6.30. The lowest BCUT2D eigenvalue weighted by molar-refractivity contribution is 0.284. The fourth-order valence-electron chi connectivity index (χ4n) is 1.27. The minimum absolute atomic E-state index is 0.236. The van der Waals surface area contributed by atoms with Crippen molar-refractivity contribution in [2.24, 2.45) is 0 Å². The largest absolute Gasteiger partial charge is 0.396 e. The first-order chi connectivity index (χ1) is 6.74. The third kappa shape index (κ3) is 3.66. The fourth-order valence-corrected chi connectivity index (χ4v) is 1.39. The quantitative estimate of drug-likeness (QED) is 0.737. The number of halogens is 1. The normalized spacial score (nSPS) is 12.8. The van der Waals surface area contributed by atoms with Crippen molar-refractivity contribution in [2.75, 3.05) is 13.2 Å². The molecule has 0 amide bonds. The summed E-state index contributed by atoms with van der Waals surface area (Å²) in [5, 5.41) is 12.7. The summed E-state index contributed by atoms with van der Waals surface area (Å²) in [6, 6.07) is 8.11. The highest BCUT2D eigenvalue weighted by Gasteiger charge is 2.02. The molecule has 3 heteroatoms. The van der Waals surface area contributed by atoms with Crippen LogP contribution in [0.4, 0.5) is 0 Å². The molecule has 2 N–H and O–H groups in total. The van der Waals surface area contributed by atoms with E-state index in [2.05, 4.69) is 12.2 Å². The van der Waals surface area contributed by atoms with Crippen molar-refractivity contribution in [3.8, 4) is 0 Å². The second-order valence-electron chi connectivity index (χ2n) is 3.30. The van der Waals surface area contributed by atoms with E-state index in [0.29, 0.717) is 6.04 Å². The smallest absolute Gasteiger partial charge is 0.0443 e. The van der Waals surface area contributed by atoms with Crippen LogP contribution in [0.5, 0.6) is 0 Å². The van der Waals surface area contributed by atoms with Crippen LogP contribution in [-0.4, -0.2) is 18.3 Å². The Bertz CT molecular complexity index is 260. The summed E-state index contributed by atoms with van der Waals surface area (Å²) in [5.74, 6) is 0. The molecular weight excluding hydrogens is 198 g/mol. The van der Waals surface area contributed by atoms with Gasteiger partial charge in [-0.05, 0) is 37.6 Å². The Morgan fingerprint density at radius 3 is 2.57 bits per heavy atom. The molecule has 2 nitrogen and oxygen atoms in total. The number of hydrogen-bond donors (Lipinski definition) is 2. The van der Waals surface area contributed by atoms with Crippen LogP contribution >= 0.6 is 11.6 Å². The van der Waals surface area contributed by atoms with Gasteiger partial charge >= 0.3 is 0 Å². The van der Waals surface area contributed by atoms with Crippen molar-refractivity contribution in [1.29, 1.82) is 0 Å². The van der Waals surface area contributed by atoms with Gasteiger partial charge in [-0.25, -0.2) is 0 Å². The third-order valence-corrected chi connectivity index (χ3v) is 2.41. The second-order valence-corrected chi connectivity index (χ2v) is 3.74. The Labute approximate surface area is 89.9 Å². The summed E-state index contributed by atoms with van der Waals surface area (Å²) < 4.78 is 0. The number of aliphatic hydroxyl groups is 1. The summed E-state index contributed by atoms with van der Waals surface area (Å²) in [7, 11) is 0. The molecule has 0 aliphatic heterocycles. The van der Waals surface area contributed by atoms with E-state index in [1.807, 2.05) is 24.3 Å². The van der Waals surface area contributed by atoms with Crippen LogP contribution < -0.4 is 5.32 Å². The molecule has 14 heavy (non-hydrogen) atoms. The SMILES string of the molecule is C[C@H](NCCCO)c1ccc(Cl)cc1. The first-order valence-corrected chi connectivity index (χ1v) is 5.21. The molecule has 0 spiro atoms. The number of rotatable bonds is 5. The summed E-state index contributed by atoms with van der Waals surface area (Å²) in [5.41, 5.74) is 1.22. The molecule has 1 rings (SSSR count). The molecule has 0 saturated carbocycles. The van der Waals surface area contributed by atoms with E-state index >= 15 is 0 Å². The van der Waals surface area contributed by atoms with Crippen LogP contribution in [0.3, 0.4) is 0 Å². The lowest BCUT2D eigenvalue weighted by Gasteiger charge is -2.13. The topological polar surface area (TPSA) is 32.3 Å². The van der Waals surface area contributed by atoms with Gasteiger partial charge in [-0.15, -0.1) is 0 Å². The van der Waals surface area contributed by atoms with Crippen LogP contribution in [-0.2, 0) is 0 Å². The van der Waals surface area contributed by atoms with Crippen molar-refractivity contribution in [3.63, 3.8) is 0 Å².